The zero-order chi connectivity index (χ0) is 15.9. The maximum Gasteiger partial charge on any atom is 0.243 e. The van der Waals surface area contributed by atoms with Crippen LogP contribution in [0.15, 0.2) is 29.2 Å². The SMILES string of the molecule is CNCCCc1ccc(S(=O)(=O)N(C)C(C)CSC)cc1. The highest BCUT2D eigenvalue weighted by Gasteiger charge is 2.24. The van der Waals surface area contributed by atoms with Crippen LogP contribution in [0.3, 0.4) is 0 Å². The molecule has 0 heterocycles. The lowest BCUT2D eigenvalue weighted by Crippen LogP contribution is -2.36. The van der Waals surface area contributed by atoms with E-state index in [0.717, 1.165) is 25.1 Å². The summed E-state index contributed by atoms with van der Waals surface area (Å²) in [6.07, 6.45) is 3.99. The van der Waals surface area contributed by atoms with Gasteiger partial charge in [-0.3, -0.25) is 0 Å². The van der Waals surface area contributed by atoms with Crippen molar-refractivity contribution in [3.63, 3.8) is 0 Å². The van der Waals surface area contributed by atoms with E-state index in [4.69, 9.17) is 0 Å². The molecule has 0 aromatic heterocycles. The first-order valence-corrected chi connectivity index (χ1v) is 9.97. The van der Waals surface area contributed by atoms with Crippen molar-refractivity contribution in [2.75, 3.05) is 32.6 Å². The Bertz CT molecular complexity index is 515. The number of thioether (sulfide) groups is 1. The number of nitrogens with zero attached hydrogens (tertiary/aromatic N) is 1. The second kappa shape index (κ2) is 8.78. The summed E-state index contributed by atoms with van der Waals surface area (Å²) in [7, 11) is 0.187. The molecule has 1 N–H and O–H groups in total. The average Bonchev–Trinajstić information content (AvgIpc) is 2.47. The highest BCUT2D eigenvalue weighted by molar-refractivity contribution is 7.98. The number of hydrogen-bond acceptors (Lipinski definition) is 4. The van der Waals surface area contributed by atoms with Gasteiger partial charge in [0.15, 0.2) is 0 Å². The van der Waals surface area contributed by atoms with E-state index in [1.807, 2.05) is 32.4 Å². The summed E-state index contributed by atoms with van der Waals surface area (Å²) in [5, 5.41) is 3.11. The second-order valence-corrected chi connectivity index (χ2v) is 8.08. The second-order valence-electron chi connectivity index (χ2n) is 5.18. The lowest BCUT2D eigenvalue weighted by atomic mass is 10.1. The molecule has 1 aromatic rings. The predicted octanol–water partition coefficient (Wildman–Crippen LogP) is 2.21. The Balaban J connectivity index is 2.79. The maximum atomic E-state index is 12.5. The van der Waals surface area contributed by atoms with Gasteiger partial charge in [0.1, 0.15) is 0 Å². The Morgan fingerprint density at radius 1 is 1.29 bits per heavy atom. The van der Waals surface area contributed by atoms with E-state index in [1.54, 1.807) is 30.9 Å². The van der Waals surface area contributed by atoms with Gasteiger partial charge in [0.2, 0.25) is 10.0 Å². The van der Waals surface area contributed by atoms with Gasteiger partial charge in [-0.15, -0.1) is 0 Å². The molecule has 1 aromatic carbocycles. The molecule has 0 spiro atoms. The molecular weight excluding hydrogens is 304 g/mol. The van der Waals surface area contributed by atoms with Crippen LogP contribution < -0.4 is 5.32 Å². The van der Waals surface area contributed by atoms with Crippen molar-refractivity contribution < 1.29 is 8.42 Å². The molecule has 6 heteroatoms. The van der Waals surface area contributed by atoms with E-state index in [0.29, 0.717) is 4.90 Å². The minimum absolute atomic E-state index is 0.0136. The summed E-state index contributed by atoms with van der Waals surface area (Å²) in [4.78, 5) is 0.371. The first-order chi connectivity index (χ1) is 9.93. The molecule has 4 nitrogen and oxygen atoms in total. The van der Waals surface area contributed by atoms with Crippen LogP contribution in [0.2, 0.25) is 0 Å². The predicted molar refractivity (Wildman–Crippen MR) is 91.5 cm³/mol. The topological polar surface area (TPSA) is 49.4 Å². The molecule has 0 aliphatic rings. The molecular formula is C15H26N2O2S2. The largest absolute Gasteiger partial charge is 0.320 e. The fraction of sp³-hybridized carbons (Fsp3) is 0.600. The van der Waals surface area contributed by atoms with Gasteiger partial charge in [0, 0.05) is 18.8 Å². The highest BCUT2D eigenvalue weighted by Crippen LogP contribution is 2.19. The monoisotopic (exact) mass is 330 g/mol. The number of nitrogens with one attached hydrogen (secondary N) is 1. The normalized spacial score (nSPS) is 13.6. The Morgan fingerprint density at radius 2 is 1.90 bits per heavy atom. The van der Waals surface area contributed by atoms with E-state index < -0.39 is 10.0 Å². The molecule has 0 aliphatic carbocycles. The molecule has 0 saturated heterocycles. The fourth-order valence-corrected chi connectivity index (χ4v) is 4.21. The Hall–Kier alpha value is -0.560. The van der Waals surface area contributed by atoms with E-state index in [1.165, 1.54) is 9.87 Å². The van der Waals surface area contributed by atoms with Crippen molar-refractivity contribution in [1.82, 2.24) is 9.62 Å². The minimum atomic E-state index is -3.39. The molecule has 0 fully saturated rings. The van der Waals surface area contributed by atoms with Gasteiger partial charge in [-0.25, -0.2) is 8.42 Å². The summed E-state index contributed by atoms with van der Waals surface area (Å²) in [6.45, 7) is 2.90. The van der Waals surface area contributed by atoms with Gasteiger partial charge in [0.05, 0.1) is 4.90 Å². The summed E-state index contributed by atoms with van der Waals surface area (Å²) < 4.78 is 26.5. The first kappa shape index (κ1) is 18.5. The smallest absolute Gasteiger partial charge is 0.243 e. The van der Waals surface area contributed by atoms with Crippen molar-refractivity contribution in [3.8, 4) is 0 Å². The van der Waals surface area contributed by atoms with Crippen molar-refractivity contribution in [2.24, 2.45) is 0 Å². The third-order valence-corrected chi connectivity index (χ3v) is 6.32. The maximum absolute atomic E-state index is 12.5. The van der Waals surface area contributed by atoms with E-state index in [2.05, 4.69) is 5.32 Å². The number of benzene rings is 1. The van der Waals surface area contributed by atoms with Crippen LogP contribution >= 0.6 is 11.8 Å². The summed E-state index contributed by atoms with van der Waals surface area (Å²) in [5.41, 5.74) is 1.17. The van der Waals surface area contributed by atoms with Crippen LogP contribution in [0.1, 0.15) is 18.9 Å². The van der Waals surface area contributed by atoms with Gasteiger partial charge in [-0.05, 0) is 57.3 Å². The van der Waals surface area contributed by atoms with Crippen molar-refractivity contribution in [1.29, 1.82) is 0 Å². The molecule has 0 amide bonds. The fourth-order valence-electron chi connectivity index (χ4n) is 2.05. The first-order valence-electron chi connectivity index (χ1n) is 7.14. The average molecular weight is 331 g/mol. The third-order valence-electron chi connectivity index (χ3n) is 3.52. The summed E-state index contributed by atoms with van der Waals surface area (Å²) in [5.74, 6) is 0.790. The van der Waals surface area contributed by atoms with Crippen LogP contribution in [0.25, 0.3) is 0 Å². The quantitative estimate of drug-likeness (QED) is 0.705. The Kier molecular flexibility index (Phi) is 7.73. The van der Waals surface area contributed by atoms with Gasteiger partial charge in [0.25, 0.3) is 0 Å². The molecule has 120 valence electrons. The Labute approximate surface area is 133 Å². The van der Waals surface area contributed by atoms with Gasteiger partial charge in [-0.1, -0.05) is 12.1 Å². The van der Waals surface area contributed by atoms with Crippen LogP contribution in [0.5, 0.6) is 0 Å². The zero-order valence-corrected chi connectivity index (χ0v) is 14.9. The number of hydrogen-bond donors (Lipinski definition) is 1. The summed E-state index contributed by atoms with van der Waals surface area (Å²) >= 11 is 1.65. The zero-order valence-electron chi connectivity index (χ0n) is 13.3. The van der Waals surface area contributed by atoms with Crippen molar-refractivity contribution in [2.45, 2.75) is 30.7 Å². The van der Waals surface area contributed by atoms with Crippen molar-refractivity contribution >= 4 is 21.8 Å². The lowest BCUT2D eigenvalue weighted by Gasteiger charge is -2.23. The summed E-state index contributed by atoms with van der Waals surface area (Å²) in [6, 6.07) is 7.24. The molecule has 1 unspecified atom stereocenters. The molecule has 0 saturated carbocycles. The van der Waals surface area contributed by atoms with Crippen molar-refractivity contribution in [3.05, 3.63) is 29.8 Å². The van der Waals surface area contributed by atoms with Crippen LogP contribution in [-0.4, -0.2) is 51.4 Å². The number of sulfonamides is 1. The number of aryl methyl sites for hydroxylation is 1. The molecule has 1 atom stereocenters. The van der Waals surface area contributed by atoms with Crippen LogP contribution in [0.4, 0.5) is 0 Å². The number of rotatable bonds is 9. The van der Waals surface area contributed by atoms with E-state index >= 15 is 0 Å². The standard InChI is InChI=1S/C15H26N2O2S2/c1-13(12-20-4)17(3)21(18,19)15-9-7-14(8-10-15)6-5-11-16-2/h7-10,13,16H,5-6,11-12H2,1-4H3. The molecule has 1 rings (SSSR count). The van der Waals surface area contributed by atoms with Gasteiger partial charge in [-0.2, -0.15) is 16.1 Å². The molecule has 0 aliphatic heterocycles. The molecule has 0 radical (unpaired) electrons. The van der Waals surface area contributed by atoms with Gasteiger partial charge < -0.3 is 5.32 Å². The van der Waals surface area contributed by atoms with Crippen LogP contribution in [-0.2, 0) is 16.4 Å². The lowest BCUT2D eigenvalue weighted by molar-refractivity contribution is 0.415. The highest BCUT2D eigenvalue weighted by atomic mass is 32.2. The van der Waals surface area contributed by atoms with Crippen LogP contribution in [0, 0.1) is 0 Å². The minimum Gasteiger partial charge on any atom is -0.320 e. The molecule has 0 bridgehead atoms. The van der Waals surface area contributed by atoms with E-state index in [-0.39, 0.29) is 6.04 Å². The molecule has 21 heavy (non-hydrogen) atoms. The Morgan fingerprint density at radius 3 is 2.43 bits per heavy atom. The van der Waals surface area contributed by atoms with E-state index in [9.17, 15) is 8.42 Å². The third kappa shape index (κ3) is 5.29. The van der Waals surface area contributed by atoms with Gasteiger partial charge >= 0.3 is 0 Å².